The first kappa shape index (κ1) is 11.1. The van der Waals surface area contributed by atoms with Gasteiger partial charge in [-0.2, -0.15) is 0 Å². The van der Waals surface area contributed by atoms with E-state index in [1.54, 1.807) is 0 Å². The lowest BCUT2D eigenvalue weighted by atomic mass is 10.2. The molecule has 7 heteroatoms. The Morgan fingerprint density at radius 3 is 2.80 bits per heavy atom. The van der Waals surface area contributed by atoms with E-state index in [-0.39, 0.29) is 17.1 Å². The van der Waals surface area contributed by atoms with Crippen LogP contribution in [0.4, 0.5) is 5.82 Å². The summed E-state index contributed by atoms with van der Waals surface area (Å²) in [5.74, 6) is -0.828. The number of aliphatic hydroxyl groups excluding tert-OH is 1. The Kier molecular flexibility index (Phi) is 3.29. The predicted molar refractivity (Wildman–Crippen MR) is 50.2 cm³/mol. The Bertz CT molecular complexity index is 405. The third kappa shape index (κ3) is 2.47. The second-order valence-corrected chi connectivity index (χ2v) is 2.72. The lowest BCUT2D eigenvalue weighted by molar-refractivity contribution is -0.389. The molecular formula is C8H9N3O4. The van der Waals surface area contributed by atoms with Crippen molar-refractivity contribution in [3.63, 3.8) is 0 Å². The molecule has 1 amide bonds. The summed E-state index contributed by atoms with van der Waals surface area (Å²) in [6.45, 7) is 0.995. The Morgan fingerprint density at radius 2 is 2.33 bits per heavy atom. The first-order valence-corrected chi connectivity index (χ1v) is 4.07. The summed E-state index contributed by atoms with van der Waals surface area (Å²) in [7, 11) is 0. The summed E-state index contributed by atoms with van der Waals surface area (Å²) >= 11 is 0. The number of amides is 1. The molecule has 1 rings (SSSR count). The number of hydrogen-bond acceptors (Lipinski definition) is 5. The van der Waals surface area contributed by atoms with Crippen LogP contribution in [0.15, 0.2) is 12.1 Å². The maximum Gasteiger partial charge on any atom is 0.363 e. The number of carbonyl (C=O) groups excluding carboxylic acids is 1. The smallest absolute Gasteiger partial charge is 0.363 e. The second kappa shape index (κ2) is 4.47. The van der Waals surface area contributed by atoms with Crippen LogP contribution >= 0.6 is 0 Å². The molecule has 0 unspecified atom stereocenters. The van der Waals surface area contributed by atoms with Crippen LogP contribution in [0, 0.1) is 17.0 Å². The number of nitrogens with zero attached hydrogens (tertiary/aromatic N) is 2. The molecule has 1 heterocycles. The fourth-order valence-electron chi connectivity index (χ4n) is 1.06. The number of aromatic nitrogens is 1. The average molecular weight is 211 g/mol. The van der Waals surface area contributed by atoms with E-state index < -0.39 is 17.6 Å². The summed E-state index contributed by atoms with van der Waals surface area (Å²) < 4.78 is 0. The number of nitrogens with one attached hydrogen (secondary N) is 1. The molecule has 0 bridgehead atoms. The molecule has 0 fully saturated rings. The van der Waals surface area contributed by atoms with Gasteiger partial charge in [0.05, 0.1) is 5.56 Å². The van der Waals surface area contributed by atoms with Gasteiger partial charge in [-0.05, 0) is 16.0 Å². The molecule has 2 N–H and O–H groups in total. The lowest BCUT2D eigenvalue weighted by Crippen LogP contribution is -2.25. The van der Waals surface area contributed by atoms with Crippen LogP contribution in [0.5, 0.6) is 0 Å². The van der Waals surface area contributed by atoms with Crippen molar-refractivity contribution in [2.45, 2.75) is 6.92 Å². The van der Waals surface area contributed by atoms with Gasteiger partial charge in [-0.3, -0.25) is 4.79 Å². The monoisotopic (exact) mass is 211 g/mol. The van der Waals surface area contributed by atoms with Gasteiger partial charge in [0.25, 0.3) is 5.91 Å². The molecule has 80 valence electrons. The lowest BCUT2D eigenvalue weighted by Gasteiger charge is -2.01. The molecule has 1 aromatic rings. The highest BCUT2D eigenvalue weighted by Gasteiger charge is 2.16. The molecule has 0 atom stereocenters. The molecule has 0 saturated carbocycles. The largest absolute Gasteiger partial charge is 0.376 e. The van der Waals surface area contributed by atoms with E-state index in [1.807, 2.05) is 0 Å². The second-order valence-electron chi connectivity index (χ2n) is 2.72. The molecule has 0 aromatic carbocycles. The van der Waals surface area contributed by atoms with Gasteiger partial charge < -0.3 is 20.5 Å². The molecule has 1 aromatic heterocycles. The minimum atomic E-state index is -0.638. The van der Waals surface area contributed by atoms with E-state index in [1.165, 1.54) is 13.0 Å². The van der Waals surface area contributed by atoms with Crippen LogP contribution in [-0.4, -0.2) is 27.7 Å². The summed E-state index contributed by atoms with van der Waals surface area (Å²) in [5.41, 5.74) is 0.449. The number of aryl methyl sites for hydroxylation is 1. The predicted octanol–water partition coefficient (Wildman–Crippen LogP) is -0.0222. The quantitative estimate of drug-likeness (QED) is 0.415. The highest BCUT2D eigenvalue weighted by atomic mass is 16.6. The highest BCUT2D eigenvalue weighted by molar-refractivity contribution is 5.95. The van der Waals surface area contributed by atoms with Crippen LogP contribution in [0.2, 0.25) is 0 Å². The minimum absolute atomic E-state index is 0.203. The van der Waals surface area contributed by atoms with Gasteiger partial charge in [0.1, 0.15) is 6.73 Å². The number of pyridine rings is 1. The first-order chi connectivity index (χ1) is 7.06. The number of rotatable bonds is 3. The standard InChI is InChI=1S/C8H9N3O4/c1-5-6(8(13)9-4-12)2-3-7(10-5)11(14)15/h2-3,12H,4H2,1H3,(H,9,13). The molecule has 0 aliphatic carbocycles. The Morgan fingerprint density at radius 1 is 1.67 bits per heavy atom. The third-order valence-electron chi connectivity index (χ3n) is 1.74. The van der Waals surface area contributed by atoms with Crippen molar-refractivity contribution in [2.24, 2.45) is 0 Å². The number of nitro groups is 1. The van der Waals surface area contributed by atoms with Crippen molar-refractivity contribution in [2.75, 3.05) is 6.73 Å². The fraction of sp³-hybridized carbons (Fsp3) is 0.250. The fourth-order valence-corrected chi connectivity index (χ4v) is 1.06. The van der Waals surface area contributed by atoms with Gasteiger partial charge in [0.15, 0.2) is 5.69 Å². The maximum atomic E-state index is 11.3. The number of hydrogen-bond donors (Lipinski definition) is 2. The van der Waals surface area contributed by atoms with Crippen LogP contribution in [0.1, 0.15) is 16.1 Å². The molecule has 0 aliphatic rings. The number of aliphatic hydroxyl groups is 1. The first-order valence-electron chi connectivity index (χ1n) is 4.07. The van der Waals surface area contributed by atoms with E-state index >= 15 is 0 Å². The summed E-state index contributed by atoms with van der Waals surface area (Å²) in [6.07, 6.45) is 0. The topological polar surface area (TPSA) is 105 Å². The van der Waals surface area contributed by atoms with Gasteiger partial charge >= 0.3 is 5.82 Å². The zero-order valence-electron chi connectivity index (χ0n) is 7.93. The Balaban J connectivity index is 3.03. The van der Waals surface area contributed by atoms with Crippen LogP contribution < -0.4 is 5.32 Å². The van der Waals surface area contributed by atoms with Crippen molar-refractivity contribution < 1.29 is 14.8 Å². The van der Waals surface area contributed by atoms with Crippen molar-refractivity contribution >= 4 is 11.7 Å². The van der Waals surface area contributed by atoms with Crippen molar-refractivity contribution in [1.29, 1.82) is 0 Å². The Labute approximate surface area is 84.9 Å². The normalized spacial score (nSPS) is 9.73. The van der Waals surface area contributed by atoms with E-state index in [2.05, 4.69) is 10.3 Å². The van der Waals surface area contributed by atoms with Crippen LogP contribution in [0.25, 0.3) is 0 Å². The Hall–Kier alpha value is -2.02. The molecule has 0 spiro atoms. The average Bonchev–Trinajstić information content (AvgIpc) is 2.17. The molecule has 0 radical (unpaired) electrons. The van der Waals surface area contributed by atoms with Crippen LogP contribution in [0.3, 0.4) is 0 Å². The molecule has 0 saturated heterocycles. The molecule has 15 heavy (non-hydrogen) atoms. The van der Waals surface area contributed by atoms with E-state index in [0.29, 0.717) is 0 Å². The minimum Gasteiger partial charge on any atom is -0.376 e. The summed E-state index contributed by atoms with van der Waals surface area (Å²) in [4.78, 5) is 24.6. The van der Waals surface area contributed by atoms with Gasteiger partial charge in [0.2, 0.25) is 0 Å². The summed E-state index contributed by atoms with van der Waals surface area (Å²) in [5, 5.41) is 21.0. The van der Waals surface area contributed by atoms with E-state index in [4.69, 9.17) is 5.11 Å². The molecular weight excluding hydrogens is 202 g/mol. The van der Waals surface area contributed by atoms with Crippen molar-refractivity contribution in [3.05, 3.63) is 33.5 Å². The van der Waals surface area contributed by atoms with E-state index in [9.17, 15) is 14.9 Å². The summed E-state index contributed by atoms with van der Waals surface area (Å²) in [6, 6.07) is 2.44. The third-order valence-corrected chi connectivity index (χ3v) is 1.74. The zero-order chi connectivity index (χ0) is 11.4. The van der Waals surface area contributed by atoms with Crippen molar-refractivity contribution in [3.8, 4) is 0 Å². The zero-order valence-corrected chi connectivity index (χ0v) is 7.93. The van der Waals surface area contributed by atoms with Crippen LogP contribution in [-0.2, 0) is 0 Å². The molecule has 0 aliphatic heterocycles. The van der Waals surface area contributed by atoms with Gasteiger partial charge in [0, 0.05) is 13.0 Å². The number of carbonyl (C=O) groups is 1. The van der Waals surface area contributed by atoms with Gasteiger partial charge in [-0.25, -0.2) is 0 Å². The highest BCUT2D eigenvalue weighted by Crippen LogP contribution is 2.12. The van der Waals surface area contributed by atoms with Gasteiger partial charge in [-0.15, -0.1) is 0 Å². The van der Waals surface area contributed by atoms with E-state index in [0.717, 1.165) is 6.07 Å². The maximum absolute atomic E-state index is 11.3. The SMILES string of the molecule is Cc1nc([N+](=O)[O-])ccc1C(=O)NCO. The molecule has 7 nitrogen and oxygen atoms in total. The van der Waals surface area contributed by atoms with Gasteiger partial charge in [-0.1, -0.05) is 0 Å². The van der Waals surface area contributed by atoms with Crippen molar-refractivity contribution in [1.82, 2.24) is 10.3 Å².